The number of ether oxygens (including phenoxy) is 2. The summed E-state index contributed by atoms with van der Waals surface area (Å²) in [5.41, 5.74) is 6.98. The number of rotatable bonds is 8. The van der Waals surface area contributed by atoms with Gasteiger partial charge in [0.15, 0.2) is 11.2 Å². The topological polar surface area (TPSA) is 125 Å². The van der Waals surface area contributed by atoms with Crippen LogP contribution in [0.1, 0.15) is 12.0 Å². The summed E-state index contributed by atoms with van der Waals surface area (Å²) >= 11 is 0. The number of aromatic nitrogens is 4. The molecule has 0 radical (unpaired) electrons. The summed E-state index contributed by atoms with van der Waals surface area (Å²) in [5, 5.41) is 0. The molecule has 0 unspecified atom stereocenters. The fraction of sp³-hybridized carbons (Fsp3) is 0.333. The molecule has 3 rings (SSSR count). The number of hydrogen-bond acceptors (Lipinski definition) is 7. The molecule has 3 N–H and O–H groups in total. The van der Waals surface area contributed by atoms with Crippen LogP contribution in [0.15, 0.2) is 41.5 Å². The van der Waals surface area contributed by atoms with Gasteiger partial charge in [-0.05, 0) is 12.0 Å². The van der Waals surface area contributed by atoms with Crippen molar-refractivity contribution in [2.24, 2.45) is 0 Å². The number of benzene rings is 1. The summed E-state index contributed by atoms with van der Waals surface area (Å²) in [5.74, 6) is 0.0566. The minimum absolute atomic E-state index is 0.0566. The number of nitrogens with two attached hydrogens (primary N) is 1. The van der Waals surface area contributed by atoms with Crippen LogP contribution in [-0.4, -0.2) is 46.1 Å². The molecule has 144 valence electrons. The number of nitrogens with zero attached hydrogens (tertiary/aromatic N) is 3. The minimum Gasteiger partial charge on any atom is -0.382 e. The van der Waals surface area contributed by atoms with E-state index in [1.807, 2.05) is 30.3 Å². The number of carbonyl (C=O) groups excluding carboxylic acids is 1. The fourth-order valence-corrected chi connectivity index (χ4v) is 2.24. The SMILES string of the molecule is COCCOCn1cnc2c(=O)[nH]c(N)nc21.O=CCCc1ccccc1. The van der Waals surface area contributed by atoms with Crippen molar-refractivity contribution in [1.82, 2.24) is 19.5 Å². The molecule has 0 saturated carbocycles. The van der Waals surface area contributed by atoms with Crippen molar-refractivity contribution in [3.05, 3.63) is 52.6 Å². The summed E-state index contributed by atoms with van der Waals surface area (Å²) in [7, 11) is 1.60. The number of hydrogen-bond donors (Lipinski definition) is 2. The molecule has 27 heavy (non-hydrogen) atoms. The molecule has 0 spiro atoms. The molecule has 0 aliphatic heterocycles. The molecule has 0 fully saturated rings. The van der Waals surface area contributed by atoms with E-state index < -0.39 is 0 Å². The van der Waals surface area contributed by atoms with Gasteiger partial charge in [0.05, 0.1) is 19.5 Å². The van der Waals surface area contributed by atoms with Gasteiger partial charge in [0.2, 0.25) is 5.95 Å². The lowest BCUT2D eigenvalue weighted by atomic mass is 10.1. The quantitative estimate of drug-likeness (QED) is 0.448. The molecule has 2 heterocycles. The number of anilines is 1. The van der Waals surface area contributed by atoms with Crippen LogP contribution >= 0.6 is 0 Å². The summed E-state index contributed by atoms with van der Waals surface area (Å²) in [6, 6.07) is 10.0. The Morgan fingerprint density at radius 2 is 2.04 bits per heavy atom. The first-order valence-corrected chi connectivity index (χ1v) is 8.40. The second kappa shape index (κ2) is 10.8. The van der Waals surface area contributed by atoms with E-state index in [9.17, 15) is 9.59 Å². The second-order valence-electron chi connectivity index (χ2n) is 5.56. The van der Waals surface area contributed by atoms with Gasteiger partial charge >= 0.3 is 0 Å². The maximum absolute atomic E-state index is 11.5. The fourth-order valence-electron chi connectivity index (χ4n) is 2.24. The molecule has 0 saturated heterocycles. The Labute approximate surface area is 156 Å². The molecule has 0 aliphatic rings. The standard InChI is InChI=1S/C9H13N5O3.C9H10O/c1-16-2-3-17-5-14-4-11-6-7(14)12-9(10)13-8(6)15;10-8-4-7-9-5-2-1-3-6-9/h4H,2-3,5H2,1H3,(H3,10,12,13,15);1-3,5-6,8H,4,7H2. The Bertz CT molecular complexity index is 892. The molecule has 0 bridgehead atoms. The van der Waals surface area contributed by atoms with Gasteiger partial charge in [0.25, 0.3) is 5.56 Å². The Morgan fingerprint density at radius 3 is 2.74 bits per heavy atom. The highest BCUT2D eigenvalue weighted by molar-refractivity contribution is 5.70. The number of nitrogen functional groups attached to an aromatic ring is 1. The summed E-state index contributed by atoms with van der Waals surface area (Å²) in [6.45, 7) is 1.20. The Morgan fingerprint density at radius 1 is 1.26 bits per heavy atom. The highest BCUT2D eigenvalue weighted by atomic mass is 16.5. The van der Waals surface area contributed by atoms with Crippen LogP contribution < -0.4 is 11.3 Å². The zero-order chi connectivity index (χ0) is 19.5. The average Bonchev–Trinajstić information content (AvgIpc) is 3.08. The highest BCUT2D eigenvalue weighted by Crippen LogP contribution is 2.06. The molecule has 0 atom stereocenters. The zero-order valence-corrected chi connectivity index (χ0v) is 15.1. The molecule has 9 heteroatoms. The van der Waals surface area contributed by atoms with E-state index in [4.69, 9.17) is 15.2 Å². The lowest BCUT2D eigenvalue weighted by Gasteiger charge is -2.04. The van der Waals surface area contributed by atoms with Crippen LogP contribution in [0.2, 0.25) is 0 Å². The highest BCUT2D eigenvalue weighted by Gasteiger charge is 2.08. The molecule has 0 aliphatic carbocycles. The van der Waals surface area contributed by atoms with E-state index >= 15 is 0 Å². The van der Waals surface area contributed by atoms with E-state index in [1.54, 1.807) is 11.7 Å². The molecule has 0 amide bonds. The van der Waals surface area contributed by atoms with E-state index in [2.05, 4.69) is 15.0 Å². The van der Waals surface area contributed by atoms with Crippen molar-refractivity contribution >= 4 is 23.4 Å². The third-order valence-electron chi connectivity index (χ3n) is 3.55. The van der Waals surface area contributed by atoms with Crippen LogP contribution in [0, 0.1) is 0 Å². The minimum atomic E-state index is -0.358. The number of aryl methyl sites for hydroxylation is 1. The molecule has 2 aromatic heterocycles. The number of carbonyl (C=O) groups is 1. The summed E-state index contributed by atoms with van der Waals surface area (Å²) < 4.78 is 11.8. The lowest BCUT2D eigenvalue weighted by Crippen LogP contribution is -2.13. The van der Waals surface area contributed by atoms with Crippen molar-refractivity contribution in [3.63, 3.8) is 0 Å². The average molecular weight is 373 g/mol. The largest absolute Gasteiger partial charge is 0.382 e. The number of H-pyrrole nitrogens is 1. The smallest absolute Gasteiger partial charge is 0.280 e. The van der Waals surface area contributed by atoms with E-state index in [1.165, 1.54) is 11.9 Å². The Hall–Kier alpha value is -3.04. The van der Waals surface area contributed by atoms with E-state index in [0.29, 0.717) is 25.3 Å². The van der Waals surface area contributed by atoms with Gasteiger partial charge in [-0.15, -0.1) is 0 Å². The van der Waals surface area contributed by atoms with Crippen molar-refractivity contribution in [3.8, 4) is 0 Å². The zero-order valence-electron chi connectivity index (χ0n) is 15.1. The van der Waals surface area contributed by atoms with Gasteiger partial charge in [0.1, 0.15) is 13.0 Å². The number of aromatic amines is 1. The maximum atomic E-state index is 11.5. The first kappa shape index (κ1) is 20.3. The normalized spacial score (nSPS) is 10.4. The number of imidazole rings is 1. The van der Waals surface area contributed by atoms with Crippen LogP contribution in [0.25, 0.3) is 11.2 Å². The first-order chi connectivity index (χ1) is 13.2. The van der Waals surface area contributed by atoms with Crippen molar-refractivity contribution < 1.29 is 14.3 Å². The number of nitrogens with one attached hydrogen (secondary N) is 1. The lowest BCUT2D eigenvalue weighted by molar-refractivity contribution is -0.107. The number of aldehydes is 1. The van der Waals surface area contributed by atoms with Gasteiger partial charge in [-0.25, -0.2) is 4.98 Å². The molecule has 1 aromatic carbocycles. The van der Waals surface area contributed by atoms with Crippen LogP contribution in [0.3, 0.4) is 0 Å². The van der Waals surface area contributed by atoms with E-state index in [-0.39, 0.29) is 23.8 Å². The number of fused-ring (bicyclic) bond motifs is 1. The molecule has 3 aromatic rings. The van der Waals surface area contributed by atoms with Crippen LogP contribution in [0.5, 0.6) is 0 Å². The molecule has 9 nitrogen and oxygen atoms in total. The Kier molecular flexibility index (Phi) is 8.14. The van der Waals surface area contributed by atoms with Gasteiger partial charge in [-0.3, -0.25) is 14.3 Å². The van der Waals surface area contributed by atoms with Gasteiger partial charge in [-0.2, -0.15) is 4.98 Å². The summed E-state index contributed by atoms with van der Waals surface area (Å²) in [4.78, 5) is 31.8. The van der Waals surface area contributed by atoms with Crippen LogP contribution in [-0.2, 0) is 27.4 Å². The van der Waals surface area contributed by atoms with E-state index in [0.717, 1.165) is 12.7 Å². The molecular weight excluding hydrogens is 350 g/mol. The Balaban J connectivity index is 0.000000223. The van der Waals surface area contributed by atoms with Gasteiger partial charge in [0, 0.05) is 13.5 Å². The first-order valence-electron chi connectivity index (χ1n) is 8.40. The molecular formula is C18H23N5O4. The van der Waals surface area contributed by atoms with Gasteiger partial charge in [-0.1, -0.05) is 30.3 Å². The summed E-state index contributed by atoms with van der Waals surface area (Å²) in [6.07, 6.45) is 3.93. The maximum Gasteiger partial charge on any atom is 0.280 e. The van der Waals surface area contributed by atoms with Crippen LogP contribution in [0.4, 0.5) is 5.95 Å². The predicted octanol–water partition coefficient (Wildman–Crippen LogP) is 1.14. The van der Waals surface area contributed by atoms with Crippen molar-refractivity contribution in [2.45, 2.75) is 19.6 Å². The van der Waals surface area contributed by atoms with Crippen molar-refractivity contribution in [2.75, 3.05) is 26.1 Å². The monoisotopic (exact) mass is 373 g/mol. The van der Waals surface area contributed by atoms with Crippen molar-refractivity contribution in [1.29, 1.82) is 0 Å². The number of methoxy groups -OCH3 is 1. The van der Waals surface area contributed by atoms with Gasteiger partial charge < -0.3 is 20.0 Å². The second-order valence-corrected chi connectivity index (χ2v) is 5.56. The third kappa shape index (κ3) is 6.32. The third-order valence-corrected chi connectivity index (χ3v) is 3.55. The predicted molar refractivity (Wildman–Crippen MR) is 101 cm³/mol.